The molecule has 67 heavy (non-hydrogen) atoms. The van der Waals surface area contributed by atoms with Gasteiger partial charge >= 0.3 is 0 Å². The van der Waals surface area contributed by atoms with Crippen LogP contribution < -0.4 is 9.80 Å². The molecule has 2 aliphatic rings. The fourth-order valence-electron chi connectivity index (χ4n) is 10.9. The fraction of sp³-hybridized carbons (Fsp3) is 0.0938. The van der Waals surface area contributed by atoms with Crippen LogP contribution in [0.5, 0.6) is 0 Å². The maximum atomic E-state index is 2.57. The third kappa shape index (κ3) is 6.98. The van der Waals surface area contributed by atoms with E-state index in [2.05, 4.69) is 272 Å². The predicted octanol–water partition coefficient (Wildman–Crippen LogP) is 17.3. The Morgan fingerprint density at radius 1 is 0.433 bits per heavy atom. The molecular weight excluding hydrogens is 811 g/mol. The van der Waals surface area contributed by atoms with Crippen LogP contribution >= 0.6 is 0 Å². The van der Waals surface area contributed by atoms with E-state index in [1.54, 1.807) is 0 Å². The third-order valence-corrected chi connectivity index (χ3v) is 14.2. The van der Waals surface area contributed by atoms with E-state index < -0.39 is 0 Å². The van der Waals surface area contributed by atoms with E-state index in [0.29, 0.717) is 5.92 Å². The number of aromatic nitrogens is 1. The molecule has 0 spiro atoms. The summed E-state index contributed by atoms with van der Waals surface area (Å²) in [6.45, 7) is 7.15. The molecule has 1 heterocycles. The lowest BCUT2D eigenvalue weighted by Crippen LogP contribution is -2.16. The van der Waals surface area contributed by atoms with Crippen molar-refractivity contribution in [2.45, 2.75) is 32.6 Å². The SMILES string of the molecule is CC1Cc2c(c3cc(-c4ccc(N(c5ccccc5)c5ccccc5)cc4)ccc3n2-c2ccc3c(c2)C(C)(C)c2ccccc2-3)C=C1c1ccc(N(c2ccccc2)c2ccccc2)cc1. The van der Waals surface area contributed by atoms with Gasteiger partial charge < -0.3 is 14.4 Å². The molecule has 2 aliphatic carbocycles. The highest BCUT2D eigenvalue weighted by Gasteiger charge is 2.36. The van der Waals surface area contributed by atoms with E-state index in [4.69, 9.17) is 0 Å². The summed E-state index contributed by atoms with van der Waals surface area (Å²) in [6, 6.07) is 84.0. The zero-order chi connectivity index (χ0) is 45.1. The lowest BCUT2D eigenvalue weighted by Gasteiger charge is -2.27. The second-order valence-corrected chi connectivity index (χ2v) is 18.6. The minimum atomic E-state index is -0.0932. The number of anilines is 6. The molecule has 0 amide bonds. The quantitative estimate of drug-likeness (QED) is 0.143. The Morgan fingerprint density at radius 2 is 0.896 bits per heavy atom. The first kappa shape index (κ1) is 40.4. The van der Waals surface area contributed by atoms with Crippen molar-refractivity contribution in [2.24, 2.45) is 5.92 Å². The van der Waals surface area contributed by atoms with Gasteiger partial charge in [0.1, 0.15) is 0 Å². The zero-order valence-electron chi connectivity index (χ0n) is 38.1. The van der Waals surface area contributed by atoms with Crippen LogP contribution in [0.15, 0.2) is 231 Å². The zero-order valence-corrected chi connectivity index (χ0v) is 38.1. The third-order valence-electron chi connectivity index (χ3n) is 14.2. The lowest BCUT2D eigenvalue weighted by molar-refractivity contribution is 0.659. The Hall–Kier alpha value is -8.14. The van der Waals surface area contributed by atoms with Gasteiger partial charge in [-0.1, -0.05) is 154 Å². The molecule has 0 radical (unpaired) electrons. The minimum absolute atomic E-state index is 0.0932. The van der Waals surface area contributed by atoms with Crippen molar-refractivity contribution < 1.29 is 0 Å². The summed E-state index contributed by atoms with van der Waals surface area (Å²) >= 11 is 0. The molecule has 3 nitrogen and oxygen atoms in total. The molecule has 1 aromatic heterocycles. The van der Waals surface area contributed by atoms with E-state index in [1.807, 2.05) is 0 Å². The Balaban J connectivity index is 0.978. The van der Waals surface area contributed by atoms with Gasteiger partial charge in [0, 0.05) is 61.9 Å². The molecule has 1 unspecified atom stereocenters. The van der Waals surface area contributed by atoms with Crippen LogP contribution in [0.4, 0.5) is 34.1 Å². The number of fused-ring (bicyclic) bond motifs is 6. The maximum Gasteiger partial charge on any atom is 0.0538 e. The van der Waals surface area contributed by atoms with Crippen molar-refractivity contribution >= 4 is 56.7 Å². The van der Waals surface area contributed by atoms with Gasteiger partial charge in [-0.25, -0.2) is 0 Å². The van der Waals surface area contributed by atoms with Crippen molar-refractivity contribution in [3.8, 4) is 27.9 Å². The van der Waals surface area contributed by atoms with Gasteiger partial charge in [0.05, 0.1) is 5.52 Å². The number of hydrogen-bond acceptors (Lipinski definition) is 2. The number of hydrogen-bond donors (Lipinski definition) is 0. The summed E-state index contributed by atoms with van der Waals surface area (Å²) in [5, 5.41) is 1.27. The number of nitrogens with zero attached hydrogens (tertiary/aromatic N) is 3. The normalized spacial score (nSPS) is 14.5. The molecule has 0 N–H and O–H groups in total. The lowest BCUT2D eigenvalue weighted by atomic mass is 9.82. The molecule has 9 aromatic carbocycles. The minimum Gasteiger partial charge on any atom is -0.313 e. The molecule has 0 saturated heterocycles. The number of rotatable bonds is 9. The van der Waals surface area contributed by atoms with Crippen molar-refractivity contribution in [3.63, 3.8) is 0 Å². The van der Waals surface area contributed by atoms with E-state index >= 15 is 0 Å². The van der Waals surface area contributed by atoms with Crippen LogP contribution in [0.2, 0.25) is 0 Å². The van der Waals surface area contributed by atoms with Crippen molar-refractivity contribution in [1.82, 2.24) is 4.57 Å². The summed E-state index contributed by atoms with van der Waals surface area (Å²) in [6.07, 6.45) is 3.43. The molecule has 1 atom stereocenters. The topological polar surface area (TPSA) is 11.4 Å². The molecule has 322 valence electrons. The van der Waals surface area contributed by atoms with Crippen LogP contribution in [0, 0.1) is 5.92 Å². The molecule has 10 aromatic rings. The highest BCUT2D eigenvalue weighted by molar-refractivity contribution is 6.01. The average molecular weight is 862 g/mol. The second kappa shape index (κ2) is 16.4. The summed E-state index contributed by atoms with van der Waals surface area (Å²) in [7, 11) is 0. The Bertz CT molecular complexity index is 3360. The van der Waals surface area contributed by atoms with Gasteiger partial charge in [-0.3, -0.25) is 0 Å². The summed E-state index contributed by atoms with van der Waals surface area (Å²) in [5.41, 5.74) is 22.3. The predicted molar refractivity (Wildman–Crippen MR) is 283 cm³/mol. The number of benzene rings is 9. The van der Waals surface area contributed by atoms with Crippen LogP contribution in [-0.4, -0.2) is 4.57 Å². The first-order valence-corrected chi connectivity index (χ1v) is 23.6. The van der Waals surface area contributed by atoms with Gasteiger partial charge in [-0.2, -0.15) is 0 Å². The molecule has 3 heteroatoms. The summed E-state index contributed by atoms with van der Waals surface area (Å²) in [4.78, 5) is 4.65. The monoisotopic (exact) mass is 861 g/mol. The fourth-order valence-corrected chi connectivity index (χ4v) is 10.9. The molecule has 0 bridgehead atoms. The van der Waals surface area contributed by atoms with E-state index in [9.17, 15) is 0 Å². The highest BCUT2D eigenvalue weighted by atomic mass is 15.1. The summed E-state index contributed by atoms with van der Waals surface area (Å²) in [5.74, 6) is 0.306. The number of para-hydroxylation sites is 4. The van der Waals surface area contributed by atoms with Gasteiger partial charge in [-0.05, 0) is 160 Å². The molecule has 0 saturated carbocycles. The first-order chi connectivity index (χ1) is 32.9. The Kier molecular flexibility index (Phi) is 9.87. The van der Waals surface area contributed by atoms with Crippen molar-refractivity contribution in [3.05, 3.63) is 258 Å². The van der Waals surface area contributed by atoms with E-state index in [-0.39, 0.29) is 5.41 Å². The van der Waals surface area contributed by atoms with E-state index in [0.717, 1.165) is 40.5 Å². The summed E-state index contributed by atoms with van der Waals surface area (Å²) < 4.78 is 2.57. The standard InChI is InChI=1S/C64H51N3/c1-44-40-63-59(43-57(44)46-30-35-53(36-31-46)66(50-22-12-6-13-23-50)51-24-14-7-15-25-51)58-41-47(45-28-33-52(34-29-45)65(48-18-8-4-9-19-48)49-20-10-5-11-21-49)32-39-62(58)67(63)54-37-38-56-55-26-16-17-27-60(55)64(2,3)61(56)42-54/h4-39,41-44H,40H2,1-3H3. The van der Waals surface area contributed by atoms with E-state index in [1.165, 1.54) is 72.4 Å². The van der Waals surface area contributed by atoms with Gasteiger partial charge in [0.2, 0.25) is 0 Å². The van der Waals surface area contributed by atoms with Crippen LogP contribution in [-0.2, 0) is 11.8 Å². The molecular formula is C64H51N3. The van der Waals surface area contributed by atoms with Crippen LogP contribution in [0.25, 0.3) is 50.5 Å². The van der Waals surface area contributed by atoms with Gasteiger partial charge in [0.25, 0.3) is 0 Å². The smallest absolute Gasteiger partial charge is 0.0538 e. The molecule has 0 fully saturated rings. The Labute approximate surface area is 394 Å². The van der Waals surface area contributed by atoms with Crippen molar-refractivity contribution in [2.75, 3.05) is 9.80 Å². The maximum absolute atomic E-state index is 2.57. The second-order valence-electron chi connectivity index (χ2n) is 18.6. The highest BCUT2D eigenvalue weighted by Crippen LogP contribution is 2.50. The van der Waals surface area contributed by atoms with Gasteiger partial charge in [-0.15, -0.1) is 0 Å². The van der Waals surface area contributed by atoms with Crippen LogP contribution in [0.3, 0.4) is 0 Å². The Morgan fingerprint density at radius 3 is 1.45 bits per heavy atom. The average Bonchev–Trinajstić information content (AvgIpc) is 3.81. The number of allylic oxidation sites excluding steroid dienone is 1. The molecule has 12 rings (SSSR count). The molecule has 0 aliphatic heterocycles. The van der Waals surface area contributed by atoms with Crippen molar-refractivity contribution in [1.29, 1.82) is 0 Å². The first-order valence-electron chi connectivity index (χ1n) is 23.6. The van der Waals surface area contributed by atoms with Gasteiger partial charge in [0.15, 0.2) is 0 Å². The van der Waals surface area contributed by atoms with Crippen LogP contribution in [0.1, 0.15) is 48.7 Å². The largest absolute Gasteiger partial charge is 0.313 e.